The van der Waals surface area contributed by atoms with E-state index in [0.717, 1.165) is 25.9 Å². The number of hydrogen-bond donors (Lipinski definition) is 1. The zero-order valence-corrected chi connectivity index (χ0v) is 11.5. The van der Waals surface area contributed by atoms with E-state index in [1.807, 2.05) is 4.90 Å². The summed E-state index contributed by atoms with van der Waals surface area (Å²) < 4.78 is 19.2. The molecule has 1 N–H and O–H groups in total. The molecule has 2 aliphatic heterocycles. The number of rotatable bonds is 1. The molecule has 2 saturated heterocycles. The number of amides is 1. The third-order valence-corrected chi connectivity index (χ3v) is 4.53. The van der Waals surface area contributed by atoms with Crippen LogP contribution in [0, 0.1) is 17.7 Å². The lowest BCUT2D eigenvalue weighted by Crippen LogP contribution is -2.51. The smallest absolute Gasteiger partial charge is 0.298 e. The van der Waals surface area contributed by atoms with Gasteiger partial charge in [-0.25, -0.2) is 4.39 Å². The fourth-order valence-corrected chi connectivity index (χ4v) is 3.37. The Hall–Kier alpha value is -2.11. The second kappa shape index (κ2) is 4.72. The lowest BCUT2D eigenvalue weighted by molar-refractivity contribution is -0.129. The molecule has 3 heterocycles. The minimum atomic E-state index is -0.406. The summed E-state index contributed by atoms with van der Waals surface area (Å²) >= 11 is 0. The first-order chi connectivity index (χ1) is 10.2. The first-order valence-electron chi connectivity index (χ1n) is 7.30. The van der Waals surface area contributed by atoms with E-state index in [0.29, 0.717) is 24.0 Å². The number of piperidine rings is 2. The quantitative estimate of drug-likeness (QED) is 0.871. The summed E-state index contributed by atoms with van der Waals surface area (Å²) in [5.74, 6) is 0.123. The van der Waals surface area contributed by atoms with Gasteiger partial charge >= 0.3 is 0 Å². The van der Waals surface area contributed by atoms with Crippen LogP contribution in [0.1, 0.15) is 12.8 Å². The summed E-state index contributed by atoms with van der Waals surface area (Å²) in [7, 11) is 0. The van der Waals surface area contributed by atoms with Gasteiger partial charge in [-0.3, -0.25) is 4.79 Å². The maximum atomic E-state index is 13.7. The number of aromatic nitrogens is 1. The van der Waals surface area contributed by atoms with Crippen LogP contribution in [0.5, 0.6) is 0 Å². The normalized spacial score (nSPS) is 25.8. The number of oxazole rings is 1. The van der Waals surface area contributed by atoms with Crippen LogP contribution < -0.4 is 10.2 Å². The third-order valence-electron chi connectivity index (χ3n) is 4.53. The van der Waals surface area contributed by atoms with Crippen LogP contribution in [-0.2, 0) is 4.79 Å². The van der Waals surface area contributed by atoms with Crippen LogP contribution in [0.15, 0.2) is 22.6 Å². The maximum absolute atomic E-state index is 13.7. The van der Waals surface area contributed by atoms with Crippen molar-refractivity contribution in [1.82, 2.24) is 10.3 Å². The average molecular weight is 289 g/mol. The number of halogens is 1. The summed E-state index contributed by atoms with van der Waals surface area (Å²) in [5.41, 5.74) is 0.697. The molecule has 1 aromatic carbocycles. The zero-order chi connectivity index (χ0) is 14.4. The van der Waals surface area contributed by atoms with E-state index in [1.165, 1.54) is 6.07 Å². The Labute approximate surface area is 121 Å². The molecule has 1 amide bonds. The van der Waals surface area contributed by atoms with Gasteiger partial charge in [0.15, 0.2) is 11.4 Å². The Morgan fingerprint density at radius 2 is 2.29 bits per heavy atom. The Morgan fingerprint density at radius 3 is 3.14 bits per heavy atom. The Kier molecular flexibility index (Phi) is 2.83. The number of carbonyl (C=O) groups excluding carboxylic acids is 1. The Bertz CT molecular complexity index is 699. The molecule has 2 aliphatic rings. The maximum Gasteiger partial charge on any atom is 0.298 e. The van der Waals surface area contributed by atoms with Crippen molar-refractivity contribution in [2.45, 2.75) is 12.8 Å². The molecular formula is C15H16FN3O2. The minimum absolute atomic E-state index is 0.0210. The molecule has 2 fully saturated rings. The van der Waals surface area contributed by atoms with Gasteiger partial charge in [0.2, 0.25) is 5.91 Å². The lowest BCUT2D eigenvalue weighted by Gasteiger charge is -2.39. The van der Waals surface area contributed by atoms with E-state index in [4.69, 9.17) is 4.42 Å². The summed E-state index contributed by atoms with van der Waals surface area (Å²) in [4.78, 5) is 18.3. The number of fused-ring (bicyclic) bond motifs is 2. The number of carbonyl (C=O) groups is 1. The summed E-state index contributed by atoms with van der Waals surface area (Å²) in [6.07, 6.45) is 1.98. The molecule has 0 radical (unpaired) electrons. The molecule has 4 rings (SSSR count). The number of anilines is 1. The van der Waals surface area contributed by atoms with E-state index in [1.54, 1.807) is 12.1 Å². The molecule has 110 valence electrons. The van der Waals surface area contributed by atoms with Gasteiger partial charge in [-0.1, -0.05) is 6.07 Å². The van der Waals surface area contributed by atoms with Gasteiger partial charge in [-0.15, -0.1) is 0 Å². The van der Waals surface area contributed by atoms with Crippen LogP contribution in [0.2, 0.25) is 0 Å². The SMILES string of the molecule is O=C1NCC[C@H]2CCN(c3nc4cccc(F)c4o3)C[C@@H]12. The van der Waals surface area contributed by atoms with Crippen LogP contribution in [-0.4, -0.2) is 30.5 Å². The number of nitrogens with one attached hydrogen (secondary N) is 1. The monoisotopic (exact) mass is 289 g/mol. The predicted octanol–water partition coefficient (Wildman–Crippen LogP) is 1.93. The van der Waals surface area contributed by atoms with E-state index in [-0.39, 0.29) is 17.4 Å². The molecule has 1 aromatic heterocycles. The molecule has 5 nitrogen and oxygen atoms in total. The fourth-order valence-electron chi connectivity index (χ4n) is 3.37. The fraction of sp³-hybridized carbons (Fsp3) is 0.467. The topological polar surface area (TPSA) is 58.4 Å². The highest BCUT2D eigenvalue weighted by molar-refractivity contribution is 5.81. The first-order valence-corrected chi connectivity index (χ1v) is 7.30. The van der Waals surface area contributed by atoms with Gasteiger partial charge in [0.1, 0.15) is 5.52 Å². The highest BCUT2D eigenvalue weighted by Crippen LogP contribution is 2.33. The van der Waals surface area contributed by atoms with Gasteiger partial charge in [0, 0.05) is 19.6 Å². The number of para-hydroxylation sites is 1. The van der Waals surface area contributed by atoms with Crippen molar-refractivity contribution in [2.24, 2.45) is 11.8 Å². The van der Waals surface area contributed by atoms with Crippen molar-refractivity contribution in [3.05, 3.63) is 24.0 Å². The van der Waals surface area contributed by atoms with Crippen LogP contribution in [0.25, 0.3) is 11.1 Å². The Morgan fingerprint density at radius 1 is 1.38 bits per heavy atom. The van der Waals surface area contributed by atoms with E-state index >= 15 is 0 Å². The highest BCUT2D eigenvalue weighted by Gasteiger charge is 2.37. The molecule has 0 spiro atoms. The van der Waals surface area contributed by atoms with Gasteiger partial charge in [0.25, 0.3) is 6.01 Å². The van der Waals surface area contributed by atoms with Crippen LogP contribution >= 0.6 is 0 Å². The number of nitrogens with zero attached hydrogens (tertiary/aromatic N) is 2. The van der Waals surface area contributed by atoms with Crippen molar-refractivity contribution in [3.63, 3.8) is 0 Å². The van der Waals surface area contributed by atoms with Gasteiger partial charge in [-0.05, 0) is 30.9 Å². The first kappa shape index (κ1) is 12.6. The minimum Gasteiger partial charge on any atom is -0.420 e. The molecule has 0 unspecified atom stereocenters. The molecule has 0 saturated carbocycles. The van der Waals surface area contributed by atoms with Gasteiger partial charge in [0.05, 0.1) is 5.92 Å². The van der Waals surface area contributed by atoms with E-state index in [2.05, 4.69) is 10.3 Å². The van der Waals surface area contributed by atoms with Gasteiger partial charge < -0.3 is 14.6 Å². The highest BCUT2D eigenvalue weighted by atomic mass is 19.1. The molecule has 0 bridgehead atoms. The predicted molar refractivity (Wildman–Crippen MR) is 75.4 cm³/mol. The van der Waals surface area contributed by atoms with Crippen LogP contribution in [0.3, 0.4) is 0 Å². The number of benzene rings is 1. The molecule has 0 aliphatic carbocycles. The second-order valence-electron chi connectivity index (χ2n) is 5.77. The van der Waals surface area contributed by atoms with Gasteiger partial charge in [-0.2, -0.15) is 4.98 Å². The van der Waals surface area contributed by atoms with E-state index < -0.39 is 5.82 Å². The zero-order valence-electron chi connectivity index (χ0n) is 11.5. The van der Waals surface area contributed by atoms with Crippen molar-refractivity contribution < 1.29 is 13.6 Å². The largest absolute Gasteiger partial charge is 0.420 e. The summed E-state index contributed by atoms with van der Waals surface area (Å²) in [5, 5.41) is 2.91. The number of hydrogen-bond acceptors (Lipinski definition) is 4. The van der Waals surface area contributed by atoms with Crippen LogP contribution in [0.4, 0.5) is 10.4 Å². The summed E-state index contributed by atoms with van der Waals surface area (Å²) in [6.45, 7) is 2.15. The molecule has 21 heavy (non-hydrogen) atoms. The van der Waals surface area contributed by atoms with E-state index in [9.17, 15) is 9.18 Å². The van der Waals surface area contributed by atoms with Crippen molar-refractivity contribution in [3.8, 4) is 0 Å². The molecular weight excluding hydrogens is 273 g/mol. The van der Waals surface area contributed by atoms with Crippen molar-refractivity contribution in [1.29, 1.82) is 0 Å². The molecule has 6 heteroatoms. The average Bonchev–Trinajstić information content (AvgIpc) is 2.93. The third kappa shape index (κ3) is 2.05. The van der Waals surface area contributed by atoms with Crippen molar-refractivity contribution in [2.75, 3.05) is 24.5 Å². The lowest BCUT2D eigenvalue weighted by atomic mass is 9.80. The molecule has 2 atom stereocenters. The summed E-state index contributed by atoms with van der Waals surface area (Å²) in [6, 6.07) is 5.11. The standard InChI is InChI=1S/C15H16FN3O2/c16-11-2-1-3-12-13(11)21-15(18-12)19-7-5-9-4-6-17-14(20)10(9)8-19/h1-3,9-10H,4-8H2,(H,17,20)/t9-,10+/m0/s1. The second-order valence-corrected chi connectivity index (χ2v) is 5.77. The Balaban J connectivity index is 1.63. The van der Waals surface area contributed by atoms with Crippen molar-refractivity contribution >= 4 is 23.0 Å². The molecule has 2 aromatic rings.